The van der Waals surface area contributed by atoms with Crippen LogP contribution in [0.1, 0.15) is 19.4 Å². The minimum atomic E-state index is -1.00. The Labute approximate surface area is 105 Å². The lowest BCUT2D eigenvalue weighted by Crippen LogP contribution is -2.50. The van der Waals surface area contributed by atoms with Gasteiger partial charge in [0.25, 0.3) is 0 Å². The molecular formula is C11H14Cl2N2O. The molecule has 88 valence electrons. The lowest BCUT2D eigenvalue weighted by Gasteiger charge is -2.28. The van der Waals surface area contributed by atoms with Crippen LogP contribution in [0.15, 0.2) is 18.2 Å². The second-order valence-corrected chi connectivity index (χ2v) is 4.49. The van der Waals surface area contributed by atoms with E-state index < -0.39 is 11.4 Å². The molecule has 0 bridgehead atoms. The maximum atomic E-state index is 11.5. The summed E-state index contributed by atoms with van der Waals surface area (Å²) in [5.41, 5.74) is 5.00. The van der Waals surface area contributed by atoms with Crippen LogP contribution in [0.4, 0.5) is 0 Å². The summed E-state index contributed by atoms with van der Waals surface area (Å²) >= 11 is 11.9. The highest BCUT2D eigenvalue weighted by Crippen LogP contribution is 2.30. The molecule has 1 atom stereocenters. The molecule has 0 aromatic heterocycles. The predicted molar refractivity (Wildman–Crippen MR) is 66.7 cm³/mol. The quantitative estimate of drug-likeness (QED) is 0.873. The first-order valence-corrected chi connectivity index (χ1v) is 5.68. The van der Waals surface area contributed by atoms with Crippen LogP contribution in [0.3, 0.4) is 0 Å². The zero-order valence-corrected chi connectivity index (χ0v) is 10.7. The summed E-state index contributed by atoms with van der Waals surface area (Å²) in [4.78, 5) is 11.5. The van der Waals surface area contributed by atoms with Gasteiger partial charge in [0.2, 0.25) is 5.91 Å². The molecule has 5 heteroatoms. The number of carbonyl (C=O) groups excluding carboxylic acids is 1. The van der Waals surface area contributed by atoms with Crippen molar-refractivity contribution in [2.75, 3.05) is 6.54 Å². The fourth-order valence-electron chi connectivity index (χ4n) is 1.55. The smallest absolute Gasteiger partial charge is 0.242 e. The van der Waals surface area contributed by atoms with E-state index in [0.29, 0.717) is 22.2 Å². The Bertz CT molecular complexity index is 409. The van der Waals surface area contributed by atoms with Crippen molar-refractivity contribution < 1.29 is 4.79 Å². The number of rotatable bonds is 4. The summed E-state index contributed by atoms with van der Waals surface area (Å²) in [6, 6.07) is 4.97. The van der Waals surface area contributed by atoms with Crippen molar-refractivity contribution in [2.24, 2.45) is 5.73 Å². The van der Waals surface area contributed by atoms with E-state index in [1.54, 1.807) is 25.1 Å². The lowest BCUT2D eigenvalue weighted by molar-refractivity contribution is -0.124. The summed E-state index contributed by atoms with van der Waals surface area (Å²) in [6.07, 6.45) is 0. The second-order valence-electron chi connectivity index (χ2n) is 3.64. The molecule has 3 nitrogen and oxygen atoms in total. The van der Waals surface area contributed by atoms with Crippen molar-refractivity contribution in [1.82, 2.24) is 5.32 Å². The van der Waals surface area contributed by atoms with Gasteiger partial charge >= 0.3 is 0 Å². The lowest BCUT2D eigenvalue weighted by atomic mass is 9.91. The van der Waals surface area contributed by atoms with Crippen molar-refractivity contribution in [3.63, 3.8) is 0 Å². The summed E-state index contributed by atoms with van der Waals surface area (Å²) in [5, 5.41) is 4.01. The Morgan fingerprint density at radius 1 is 1.50 bits per heavy atom. The molecule has 0 fully saturated rings. The predicted octanol–water partition coefficient (Wildman–Crippen LogP) is 2.30. The van der Waals surface area contributed by atoms with Crippen molar-refractivity contribution in [2.45, 2.75) is 19.4 Å². The molecular weight excluding hydrogens is 247 g/mol. The van der Waals surface area contributed by atoms with Gasteiger partial charge in [0.1, 0.15) is 5.54 Å². The zero-order valence-electron chi connectivity index (χ0n) is 9.18. The molecule has 1 aromatic carbocycles. The van der Waals surface area contributed by atoms with Crippen LogP contribution in [0, 0.1) is 0 Å². The van der Waals surface area contributed by atoms with E-state index in [1.165, 1.54) is 0 Å². The van der Waals surface area contributed by atoms with E-state index in [4.69, 9.17) is 28.9 Å². The van der Waals surface area contributed by atoms with E-state index in [9.17, 15) is 4.79 Å². The van der Waals surface area contributed by atoms with Gasteiger partial charge in [-0.15, -0.1) is 0 Å². The van der Waals surface area contributed by atoms with E-state index in [-0.39, 0.29) is 0 Å². The number of hydrogen-bond acceptors (Lipinski definition) is 2. The number of nitrogens with one attached hydrogen (secondary N) is 1. The fraction of sp³-hybridized carbons (Fsp3) is 0.364. The second kappa shape index (κ2) is 5.04. The molecule has 16 heavy (non-hydrogen) atoms. The Kier molecular flexibility index (Phi) is 4.19. The number of benzene rings is 1. The van der Waals surface area contributed by atoms with Crippen LogP contribution in [0.25, 0.3) is 0 Å². The van der Waals surface area contributed by atoms with E-state index in [0.717, 1.165) is 0 Å². The van der Waals surface area contributed by atoms with Crippen LogP contribution in [0.2, 0.25) is 10.0 Å². The molecule has 0 aliphatic carbocycles. The maximum Gasteiger partial charge on any atom is 0.242 e. The highest BCUT2D eigenvalue weighted by molar-refractivity contribution is 6.34. The van der Waals surface area contributed by atoms with E-state index >= 15 is 0 Å². The molecule has 0 aliphatic rings. The zero-order chi connectivity index (χ0) is 12.3. The normalized spacial score (nSPS) is 14.5. The Balaban J connectivity index is 3.31. The average molecular weight is 261 g/mol. The molecule has 0 aliphatic heterocycles. The highest BCUT2D eigenvalue weighted by atomic mass is 35.5. The van der Waals surface area contributed by atoms with Crippen LogP contribution in [-0.2, 0) is 10.3 Å². The van der Waals surface area contributed by atoms with Gasteiger partial charge in [-0.3, -0.25) is 4.79 Å². The first-order valence-electron chi connectivity index (χ1n) is 4.92. The average Bonchev–Trinajstić information content (AvgIpc) is 2.21. The Morgan fingerprint density at radius 3 is 2.62 bits per heavy atom. The SMILES string of the molecule is CCNC(C)(C(N)=O)c1cc(Cl)ccc1Cl. The number of halogens is 2. The first-order chi connectivity index (χ1) is 7.41. The molecule has 1 aromatic rings. The fourth-order valence-corrected chi connectivity index (χ4v) is 2.03. The minimum Gasteiger partial charge on any atom is -0.368 e. The molecule has 1 unspecified atom stereocenters. The number of primary amides is 1. The number of nitrogens with two attached hydrogens (primary N) is 1. The van der Waals surface area contributed by atoms with Crippen LogP contribution < -0.4 is 11.1 Å². The van der Waals surface area contributed by atoms with Crippen LogP contribution in [0.5, 0.6) is 0 Å². The van der Waals surface area contributed by atoms with Gasteiger partial charge in [-0.2, -0.15) is 0 Å². The molecule has 3 N–H and O–H groups in total. The maximum absolute atomic E-state index is 11.5. The summed E-state index contributed by atoms with van der Waals surface area (Å²) in [5.74, 6) is -0.487. The van der Waals surface area contributed by atoms with Gasteiger partial charge in [-0.05, 0) is 31.7 Å². The van der Waals surface area contributed by atoms with Crippen LogP contribution >= 0.6 is 23.2 Å². The summed E-state index contributed by atoms with van der Waals surface area (Å²) < 4.78 is 0. The Hall–Kier alpha value is -0.770. The molecule has 1 amide bonds. The van der Waals surface area contributed by atoms with E-state index in [2.05, 4.69) is 5.32 Å². The molecule has 0 radical (unpaired) electrons. The number of carbonyl (C=O) groups is 1. The molecule has 0 spiro atoms. The third-order valence-electron chi connectivity index (χ3n) is 2.49. The van der Waals surface area contributed by atoms with Crippen LogP contribution in [-0.4, -0.2) is 12.5 Å². The minimum absolute atomic E-state index is 0.464. The van der Waals surface area contributed by atoms with Crippen molar-refractivity contribution in [1.29, 1.82) is 0 Å². The molecule has 0 heterocycles. The standard InChI is InChI=1S/C11H14Cl2N2O/c1-3-15-11(2,10(14)16)8-6-7(12)4-5-9(8)13/h4-6,15H,3H2,1-2H3,(H2,14,16). The molecule has 0 saturated carbocycles. The van der Waals surface area contributed by atoms with E-state index in [1.807, 2.05) is 6.92 Å². The van der Waals surface area contributed by atoms with Gasteiger partial charge < -0.3 is 11.1 Å². The van der Waals surface area contributed by atoms with Crippen molar-refractivity contribution in [3.05, 3.63) is 33.8 Å². The van der Waals surface area contributed by atoms with Gasteiger partial charge in [0, 0.05) is 15.6 Å². The number of amides is 1. The third-order valence-corrected chi connectivity index (χ3v) is 3.05. The number of hydrogen-bond donors (Lipinski definition) is 2. The highest BCUT2D eigenvalue weighted by Gasteiger charge is 2.34. The van der Waals surface area contributed by atoms with Crippen molar-refractivity contribution >= 4 is 29.1 Å². The van der Waals surface area contributed by atoms with Crippen molar-refractivity contribution in [3.8, 4) is 0 Å². The Morgan fingerprint density at radius 2 is 2.12 bits per heavy atom. The topological polar surface area (TPSA) is 55.1 Å². The molecule has 1 rings (SSSR count). The first kappa shape index (κ1) is 13.3. The summed E-state index contributed by atoms with van der Waals surface area (Å²) in [7, 11) is 0. The summed E-state index contributed by atoms with van der Waals surface area (Å²) in [6.45, 7) is 4.18. The number of likely N-dealkylation sites (N-methyl/N-ethyl adjacent to an activating group) is 1. The van der Waals surface area contributed by atoms with Gasteiger partial charge in [-0.1, -0.05) is 30.1 Å². The van der Waals surface area contributed by atoms with Gasteiger partial charge in [0.05, 0.1) is 0 Å². The molecule has 0 saturated heterocycles. The van der Waals surface area contributed by atoms with Gasteiger partial charge in [0.15, 0.2) is 0 Å². The van der Waals surface area contributed by atoms with Gasteiger partial charge in [-0.25, -0.2) is 0 Å². The monoisotopic (exact) mass is 260 g/mol. The largest absolute Gasteiger partial charge is 0.368 e. The third kappa shape index (κ3) is 2.48.